The Bertz CT molecular complexity index is 540. The lowest BCUT2D eigenvalue weighted by Crippen LogP contribution is -2.41. The van der Waals surface area contributed by atoms with Crippen molar-refractivity contribution in [3.63, 3.8) is 0 Å². The number of rotatable bonds is 3. The predicted molar refractivity (Wildman–Crippen MR) is 70.7 cm³/mol. The lowest BCUT2D eigenvalue weighted by Gasteiger charge is -2.20. The fourth-order valence-electron chi connectivity index (χ4n) is 2.47. The van der Waals surface area contributed by atoms with Crippen LogP contribution in [0.5, 0.6) is 0 Å². The van der Waals surface area contributed by atoms with Gasteiger partial charge in [0.15, 0.2) is 0 Å². The van der Waals surface area contributed by atoms with E-state index in [1.807, 2.05) is 36.4 Å². The van der Waals surface area contributed by atoms with E-state index < -0.39 is 6.09 Å². The first-order chi connectivity index (χ1) is 9.72. The van der Waals surface area contributed by atoms with Crippen LogP contribution in [0, 0.1) is 5.92 Å². The van der Waals surface area contributed by atoms with Gasteiger partial charge in [-0.15, -0.1) is 0 Å². The van der Waals surface area contributed by atoms with Gasteiger partial charge < -0.3 is 14.8 Å². The SMILES string of the molecule is O=C(N[C@@H]1C=C[C@H]2C[C@@H]1C(=O)O2)OCc1ccccc1. The zero-order valence-electron chi connectivity index (χ0n) is 10.8. The summed E-state index contributed by atoms with van der Waals surface area (Å²) in [6.45, 7) is 0.209. The van der Waals surface area contributed by atoms with Crippen molar-refractivity contribution < 1.29 is 19.1 Å². The number of nitrogens with one attached hydrogen (secondary N) is 1. The summed E-state index contributed by atoms with van der Waals surface area (Å²) in [5, 5.41) is 2.70. The largest absolute Gasteiger partial charge is 0.458 e. The molecule has 3 atom stereocenters. The molecule has 0 aromatic heterocycles. The van der Waals surface area contributed by atoms with Gasteiger partial charge in [0.1, 0.15) is 12.7 Å². The highest BCUT2D eigenvalue weighted by molar-refractivity contribution is 5.78. The number of hydrogen-bond donors (Lipinski definition) is 1. The molecule has 20 heavy (non-hydrogen) atoms. The molecular weight excluding hydrogens is 258 g/mol. The zero-order chi connectivity index (χ0) is 13.9. The van der Waals surface area contributed by atoms with E-state index >= 15 is 0 Å². The van der Waals surface area contributed by atoms with Crippen LogP contribution in [0.15, 0.2) is 42.5 Å². The maximum absolute atomic E-state index is 11.7. The van der Waals surface area contributed by atoms with E-state index in [0.717, 1.165) is 5.56 Å². The molecule has 5 heteroatoms. The van der Waals surface area contributed by atoms with Crippen molar-refractivity contribution in [3.8, 4) is 0 Å². The van der Waals surface area contributed by atoms with Gasteiger partial charge in [0, 0.05) is 6.42 Å². The Kier molecular flexibility index (Phi) is 3.41. The zero-order valence-corrected chi connectivity index (χ0v) is 10.8. The minimum Gasteiger partial charge on any atom is -0.458 e. The molecule has 0 unspecified atom stereocenters. The molecule has 2 aliphatic rings. The molecule has 1 aromatic carbocycles. The molecular formula is C15H15NO4. The number of amides is 1. The van der Waals surface area contributed by atoms with Crippen LogP contribution in [-0.4, -0.2) is 24.2 Å². The Morgan fingerprint density at radius 2 is 2.10 bits per heavy atom. The standard InChI is InChI=1S/C15H15NO4/c17-14-12-8-11(20-14)6-7-13(12)16-15(18)19-9-10-4-2-1-3-5-10/h1-7,11-13H,8-9H2,(H,16,18)/t11-,12-,13+/m0/s1. The second-order valence-electron chi connectivity index (χ2n) is 4.93. The van der Waals surface area contributed by atoms with Gasteiger partial charge in [0.2, 0.25) is 0 Å². The third kappa shape index (κ3) is 2.66. The van der Waals surface area contributed by atoms with E-state index in [2.05, 4.69) is 5.32 Å². The molecule has 2 bridgehead atoms. The number of benzene rings is 1. The third-order valence-electron chi connectivity index (χ3n) is 3.52. The second-order valence-corrected chi connectivity index (χ2v) is 4.93. The van der Waals surface area contributed by atoms with Crippen molar-refractivity contribution in [2.75, 3.05) is 0 Å². The van der Waals surface area contributed by atoms with Gasteiger partial charge >= 0.3 is 12.1 Å². The summed E-state index contributed by atoms with van der Waals surface area (Å²) in [5.41, 5.74) is 0.919. The van der Waals surface area contributed by atoms with E-state index in [0.29, 0.717) is 6.42 Å². The highest BCUT2D eigenvalue weighted by Gasteiger charge is 2.41. The number of carbonyl (C=O) groups is 2. The van der Waals surface area contributed by atoms with E-state index in [4.69, 9.17) is 9.47 Å². The number of fused-ring (bicyclic) bond motifs is 2. The predicted octanol–water partition coefficient (Wildman–Crippen LogP) is 1.78. The lowest BCUT2D eigenvalue weighted by molar-refractivity contribution is -0.142. The smallest absolute Gasteiger partial charge is 0.407 e. The number of alkyl carbamates (subject to hydrolysis) is 1. The number of ether oxygens (including phenoxy) is 2. The average Bonchev–Trinajstić information content (AvgIpc) is 2.77. The van der Waals surface area contributed by atoms with Gasteiger partial charge in [-0.1, -0.05) is 36.4 Å². The fraction of sp³-hybridized carbons (Fsp3) is 0.333. The summed E-state index contributed by atoms with van der Waals surface area (Å²) in [6, 6.07) is 9.09. The Balaban J connectivity index is 1.53. The fourth-order valence-corrected chi connectivity index (χ4v) is 2.47. The van der Waals surface area contributed by atoms with Gasteiger partial charge in [-0.3, -0.25) is 4.79 Å². The monoisotopic (exact) mass is 273 g/mol. The van der Waals surface area contributed by atoms with Crippen molar-refractivity contribution in [1.82, 2.24) is 5.32 Å². The summed E-state index contributed by atoms with van der Waals surface area (Å²) in [6.07, 6.45) is 3.57. The summed E-state index contributed by atoms with van der Waals surface area (Å²) < 4.78 is 10.2. The van der Waals surface area contributed by atoms with Gasteiger partial charge in [-0.2, -0.15) is 0 Å². The first-order valence-electron chi connectivity index (χ1n) is 6.58. The molecule has 1 fully saturated rings. The number of esters is 1. The van der Waals surface area contributed by atoms with E-state index in [1.165, 1.54) is 0 Å². The molecule has 1 aromatic rings. The van der Waals surface area contributed by atoms with Crippen molar-refractivity contribution in [1.29, 1.82) is 0 Å². The molecule has 1 saturated heterocycles. The van der Waals surface area contributed by atoms with Crippen LogP contribution in [0.1, 0.15) is 12.0 Å². The Morgan fingerprint density at radius 1 is 1.30 bits per heavy atom. The van der Waals surface area contributed by atoms with Gasteiger partial charge in [0.05, 0.1) is 12.0 Å². The van der Waals surface area contributed by atoms with E-state index in [9.17, 15) is 9.59 Å². The minimum absolute atomic E-state index is 0.133. The van der Waals surface area contributed by atoms with Crippen LogP contribution in [-0.2, 0) is 20.9 Å². The van der Waals surface area contributed by atoms with Crippen molar-refractivity contribution in [2.24, 2.45) is 5.92 Å². The van der Waals surface area contributed by atoms with Gasteiger partial charge in [0.25, 0.3) is 0 Å². The van der Waals surface area contributed by atoms with Crippen LogP contribution in [0.2, 0.25) is 0 Å². The third-order valence-corrected chi connectivity index (χ3v) is 3.52. The molecule has 1 amide bonds. The maximum atomic E-state index is 11.7. The van der Waals surface area contributed by atoms with Crippen LogP contribution < -0.4 is 5.32 Å². The van der Waals surface area contributed by atoms with Crippen LogP contribution in [0.4, 0.5) is 4.79 Å². The van der Waals surface area contributed by atoms with E-state index in [1.54, 1.807) is 6.08 Å². The highest BCUT2D eigenvalue weighted by atomic mass is 16.6. The Morgan fingerprint density at radius 3 is 2.90 bits per heavy atom. The summed E-state index contributed by atoms with van der Waals surface area (Å²) >= 11 is 0. The maximum Gasteiger partial charge on any atom is 0.407 e. The number of carbonyl (C=O) groups excluding carboxylic acids is 2. The summed E-state index contributed by atoms with van der Waals surface area (Å²) in [5.74, 6) is -0.553. The van der Waals surface area contributed by atoms with Crippen molar-refractivity contribution in [3.05, 3.63) is 48.0 Å². The highest BCUT2D eigenvalue weighted by Crippen LogP contribution is 2.30. The summed E-state index contributed by atoms with van der Waals surface area (Å²) in [7, 11) is 0. The normalized spacial score (nSPS) is 27.0. The minimum atomic E-state index is -0.526. The molecule has 1 heterocycles. The average molecular weight is 273 g/mol. The number of hydrogen-bond acceptors (Lipinski definition) is 4. The molecule has 0 radical (unpaired) electrons. The molecule has 5 nitrogen and oxygen atoms in total. The first-order valence-corrected chi connectivity index (χ1v) is 6.58. The molecule has 1 aliphatic carbocycles. The van der Waals surface area contributed by atoms with Crippen LogP contribution in [0.3, 0.4) is 0 Å². The molecule has 0 spiro atoms. The quantitative estimate of drug-likeness (QED) is 0.673. The molecule has 1 N–H and O–H groups in total. The van der Waals surface area contributed by atoms with E-state index in [-0.39, 0.29) is 30.6 Å². The molecule has 3 rings (SSSR count). The Hall–Kier alpha value is -2.30. The summed E-state index contributed by atoms with van der Waals surface area (Å²) in [4.78, 5) is 23.3. The molecule has 1 aliphatic heterocycles. The Labute approximate surface area is 116 Å². The topological polar surface area (TPSA) is 64.6 Å². The first kappa shape index (κ1) is 12.7. The molecule has 0 saturated carbocycles. The van der Waals surface area contributed by atoms with Gasteiger partial charge in [-0.05, 0) is 11.6 Å². The second kappa shape index (κ2) is 5.36. The van der Waals surface area contributed by atoms with Gasteiger partial charge in [-0.25, -0.2) is 4.79 Å². The lowest BCUT2D eigenvalue weighted by atomic mass is 9.91. The molecule has 104 valence electrons. The van der Waals surface area contributed by atoms with Crippen LogP contribution in [0.25, 0.3) is 0 Å². The van der Waals surface area contributed by atoms with Crippen molar-refractivity contribution >= 4 is 12.1 Å². The van der Waals surface area contributed by atoms with Crippen molar-refractivity contribution in [2.45, 2.75) is 25.2 Å². The van der Waals surface area contributed by atoms with Crippen LogP contribution >= 0.6 is 0 Å².